The normalized spacial score (nSPS) is 16.4. The number of halogens is 1. The molecule has 17 heavy (non-hydrogen) atoms. The van der Waals surface area contributed by atoms with Crippen LogP contribution >= 0.6 is 0 Å². The molecule has 0 radical (unpaired) electrons. The van der Waals surface area contributed by atoms with Crippen LogP contribution in [0.25, 0.3) is 0 Å². The molecule has 0 spiro atoms. The minimum Gasteiger partial charge on any atom is -0.490 e. The van der Waals surface area contributed by atoms with Gasteiger partial charge in [0.15, 0.2) is 6.10 Å². The molecule has 1 aromatic rings. The molecule has 0 amide bonds. The molecular weight excluding hydrogens is 227 g/mol. The number of hydrogen-bond acceptors (Lipinski definition) is 4. The molecule has 1 aliphatic carbocycles. The van der Waals surface area contributed by atoms with Crippen molar-refractivity contribution in [2.75, 3.05) is 7.11 Å². The lowest BCUT2D eigenvalue weighted by atomic mass is 10.1. The van der Waals surface area contributed by atoms with Crippen molar-refractivity contribution in [3.63, 3.8) is 0 Å². The van der Waals surface area contributed by atoms with Gasteiger partial charge in [-0.05, 0) is 31.0 Å². The van der Waals surface area contributed by atoms with Crippen LogP contribution in [0, 0.1) is 5.82 Å². The van der Waals surface area contributed by atoms with E-state index in [1.54, 1.807) is 0 Å². The van der Waals surface area contributed by atoms with Gasteiger partial charge in [-0.2, -0.15) is 0 Å². The fraction of sp³-hybridized carbons (Fsp3) is 0.417. The second-order valence-electron chi connectivity index (χ2n) is 3.93. The third kappa shape index (κ3) is 2.74. The highest BCUT2D eigenvalue weighted by Gasteiger charge is 2.28. The lowest BCUT2D eigenvalue weighted by molar-refractivity contribution is -0.150. The number of esters is 1. The van der Waals surface area contributed by atoms with Gasteiger partial charge in [0.25, 0.3) is 0 Å². The monoisotopic (exact) mass is 240 g/mol. The number of hydrogen-bond donors (Lipinski definition) is 1. The highest BCUT2D eigenvalue weighted by Crippen LogP contribution is 2.32. The van der Waals surface area contributed by atoms with Crippen molar-refractivity contribution in [2.24, 2.45) is 0 Å². The summed E-state index contributed by atoms with van der Waals surface area (Å²) >= 11 is 0. The van der Waals surface area contributed by atoms with Gasteiger partial charge < -0.3 is 14.6 Å². The van der Waals surface area contributed by atoms with Gasteiger partial charge in [0.05, 0.1) is 13.2 Å². The summed E-state index contributed by atoms with van der Waals surface area (Å²) in [4.78, 5) is 11.2. The highest BCUT2D eigenvalue weighted by molar-refractivity contribution is 5.77. The Kier molecular flexibility index (Phi) is 3.28. The first-order valence-electron chi connectivity index (χ1n) is 5.34. The van der Waals surface area contributed by atoms with E-state index in [1.165, 1.54) is 12.1 Å². The van der Waals surface area contributed by atoms with Crippen LogP contribution in [-0.4, -0.2) is 24.3 Å². The molecular formula is C12H13FO4. The second kappa shape index (κ2) is 4.71. The quantitative estimate of drug-likeness (QED) is 0.812. The van der Waals surface area contributed by atoms with E-state index in [2.05, 4.69) is 4.74 Å². The number of rotatable bonds is 4. The molecule has 1 atom stereocenters. The minimum atomic E-state index is -1.52. The lowest BCUT2D eigenvalue weighted by Crippen LogP contribution is -2.15. The molecule has 1 fully saturated rings. The number of aliphatic hydroxyl groups excluding tert-OH is 1. The van der Waals surface area contributed by atoms with Crippen LogP contribution in [0.2, 0.25) is 0 Å². The Morgan fingerprint density at radius 3 is 2.82 bits per heavy atom. The van der Waals surface area contributed by atoms with Crippen LogP contribution < -0.4 is 4.74 Å². The van der Waals surface area contributed by atoms with Crippen molar-refractivity contribution in [1.29, 1.82) is 0 Å². The van der Waals surface area contributed by atoms with Crippen molar-refractivity contribution < 1.29 is 23.8 Å². The molecule has 1 unspecified atom stereocenters. The molecule has 1 saturated carbocycles. The summed E-state index contributed by atoms with van der Waals surface area (Å²) < 4.78 is 23.0. The molecule has 0 aliphatic heterocycles. The molecule has 2 rings (SSSR count). The fourth-order valence-corrected chi connectivity index (χ4v) is 1.44. The average molecular weight is 240 g/mol. The zero-order valence-corrected chi connectivity index (χ0v) is 9.35. The van der Waals surface area contributed by atoms with Gasteiger partial charge in [-0.1, -0.05) is 0 Å². The Bertz CT molecular complexity index is 429. The maximum absolute atomic E-state index is 13.1. The second-order valence-corrected chi connectivity index (χ2v) is 3.93. The molecule has 0 saturated heterocycles. The topological polar surface area (TPSA) is 55.8 Å². The van der Waals surface area contributed by atoms with Gasteiger partial charge in [-0.25, -0.2) is 9.18 Å². The summed E-state index contributed by atoms with van der Waals surface area (Å²) in [5.41, 5.74) is 0.101. The van der Waals surface area contributed by atoms with Crippen molar-refractivity contribution in [3.8, 4) is 5.75 Å². The number of methoxy groups -OCH3 is 1. The van der Waals surface area contributed by atoms with E-state index in [-0.39, 0.29) is 11.7 Å². The van der Waals surface area contributed by atoms with Crippen LogP contribution in [0.4, 0.5) is 4.39 Å². The Morgan fingerprint density at radius 1 is 1.53 bits per heavy atom. The predicted octanol–water partition coefficient (Wildman–Crippen LogP) is 1.57. The van der Waals surface area contributed by atoms with E-state index in [0.717, 1.165) is 26.0 Å². The van der Waals surface area contributed by atoms with Crippen LogP contribution in [0.1, 0.15) is 24.5 Å². The van der Waals surface area contributed by atoms with Gasteiger partial charge in [0, 0.05) is 5.56 Å². The first-order chi connectivity index (χ1) is 8.11. The molecule has 1 aromatic carbocycles. The van der Waals surface area contributed by atoms with Gasteiger partial charge in [-0.15, -0.1) is 0 Å². The van der Waals surface area contributed by atoms with Crippen LogP contribution in [0.15, 0.2) is 18.2 Å². The van der Waals surface area contributed by atoms with Crippen molar-refractivity contribution in [1.82, 2.24) is 0 Å². The van der Waals surface area contributed by atoms with E-state index >= 15 is 0 Å². The van der Waals surface area contributed by atoms with Crippen LogP contribution in [-0.2, 0) is 9.53 Å². The first-order valence-corrected chi connectivity index (χ1v) is 5.34. The van der Waals surface area contributed by atoms with E-state index < -0.39 is 17.9 Å². The summed E-state index contributed by atoms with van der Waals surface area (Å²) in [7, 11) is 1.16. The largest absolute Gasteiger partial charge is 0.490 e. The van der Waals surface area contributed by atoms with Crippen molar-refractivity contribution in [2.45, 2.75) is 25.0 Å². The molecule has 0 aromatic heterocycles. The lowest BCUT2D eigenvalue weighted by Gasteiger charge is -2.14. The fourth-order valence-electron chi connectivity index (χ4n) is 1.44. The standard InChI is InChI=1S/C12H13FO4/c1-16-12(15)11(14)9-6-7(13)2-5-10(9)17-8-3-4-8/h2,5-6,8,11,14H,3-4H2,1H3. The highest BCUT2D eigenvalue weighted by atomic mass is 19.1. The van der Waals surface area contributed by atoms with E-state index in [4.69, 9.17) is 4.74 Å². The number of carbonyl (C=O) groups excluding carboxylic acids is 1. The zero-order chi connectivity index (χ0) is 12.4. The number of benzene rings is 1. The molecule has 1 N–H and O–H groups in total. The Labute approximate surface area is 98.0 Å². The third-order valence-electron chi connectivity index (χ3n) is 2.51. The van der Waals surface area contributed by atoms with Crippen molar-refractivity contribution in [3.05, 3.63) is 29.6 Å². The Hall–Kier alpha value is -1.62. The van der Waals surface area contributed by atoms with Crippen LogP contribution in [0.5, 0.6) is 5.75 Å². The molecule has 5 heteroatoms. The molecule has 92 valence electrons. The molecule has 1 aliphatic rings. The molecule has 0 bridgehead atoms. The summed E-state index contributed by atoms with van der Waals surface area (Å²) in [6, 6.07) is 3.72. The van der Waals surface area contributed by atoms with E-state index in [1.807, 2.05) is 0 Å². The summed E-state index contributed by atoms with van der Waals surface area (Å²) in [5, 5.41) is 9.71. The van der Waals surface area contributed by atoms with E-state index in [9.17, 15) is 14.3 Å². The van der Waals surface area contributed by atoms with Gasteiger partial charge in [-0.3, -0.25) is 0 Å². The van der Waals surface area contributed by atoms with Gasteiger partial charge in [0.2, 0.25) is 0 Å². The van der Waals surface area contributed by atoms with Crippen LogP contribution in [0.3, 0.4) is 0 Å². The Morgan fingerprint density at radius 2 is 2.24 bits per heavy atom. The SMILES string of the molecule is COC(=O)C(O)c1cc(F)ccc1OC1CC1. The number of ether oxygens (including phenoxy) is 2. The number of carbonyl (C=O) groups is 1. The summed E-state index contributed by atoms with van der Waals surface area (Å²) in [6.07, 6.45) is 0.449. The maximum Gasteiger partial charge on any atom is 0.339 e. The smallest absolute Gasteiger partial charge is 0.339 e. The first kappa shape index (κ1) is 11.9. The van der Waals surface area contributed by atoms with Gasteiger partial charge >= 0.3 is 5.97 Å². The van der Waals surface area contributed by atoms with Gasteiger partial charge in [0.1, 0.15) is 11.6 Å². The minimum absolute atomic E-state index is 0.101. The van der Waals surface area contributed by atoms with Crippen molar-refractivity contribution >= 4 is 5.97 Å². The Balaban J connectivity index is 2.27. The van der Waals surface area contributed by atoms with E-state index in [0.29, 0.717) is 5.75 Å². The number of aliphatic hydroxyl groups is 1. The zero-order valence-electron chi connectivity index (χ0n) is 9.35. The maximum atomic E-state index is 13.1. The third-order valence-corrected chi connectivity index (χ3v) is 2.51. The molecule has 4 nitrogen and oxygen atoms in total. The predicted molar refractivity (Wildman–Crippen MR) is 57.0 cm³/mol. The summed E-state index contributed by atoms with van der Waals surface area (Å²) in [5.74, 6) is -1.05. The summed E-state index contributed by atoms with van der Waals surface area (Å²) in [6.45, 7) is 0. The molecule has 0 heterocycles. The average Bonchev–Trinajstić information content (AvgIpc) is 3.13.